The molecule has 5 nitrogen and oxygen atoms in total. The molecule has 0 saturated carbocycles. The summed E-state index contributed by atoms with van der Waals surface area (Å²) in [5, 5.41) is 2.43. The number of ether oxygens (including phenoxy) is 1. The lowest BCUT2D eigenvalue weighted by atomic mass is 10.2. The van der Waals surface area contributed by atoms with E-state index in [0.29, 0.717) is 17.7 Å². The number of thiazole rings is 1. The average molecular weight is 410 g/mol. The number of hydrogen-bond donors (Lipinski definition) is 0. The summed E-state index contributed by atoms with van der Waals surface area (Å²) in [6.45, 7) is 1.33. The maximum atomic E-state index is 13.1. The number of para-hydroxylation sites is 2. The standard InChI is InChI=1S/C21H19N3O2S2/c25-20-15-7-1-2-8-16(15)23-21(24(20)12-14-6-5-11-26-14)27-13-19-22-17-9-3-4-10-18(17)28-19/h1-4,7-10,14H,5-6,11-13H2/t14-/m1/s1. The Bertz CT molecular complexity index is 1160. The zero-order valence-electron chi connectivity index (χ0n) is 15.2. The maximum Gasteiger partial charge on any atom is 0.262 e. The fourth-order valence-electron chi connectivity index (χ4n) is 3.52. The topological polar surface area (TPSA) is 57.0 Å². The summed E-state index contributed by atoms with van der Waals surface area (Å²) in [5.41, 5.74) is 1.77. The van der Waals surface area contributed by atoms with Crippen LogP contribution in [0, 0.1) is 0 Å². The second-order valence-corrected chi connectivity index (χ2v) is 8.88. The lowest BCUT2D eigenvalue weighted by molar-refractivity contribution is 0.0937. The molecular formula is C21H19N3O2S2. The molecule has 0 bridgehead atoms. The number of benzene rings is 2. The van der Waals surface area contributed by atoms with Crippen LogP contribution in [0.4, 0.5) is 0 Å². The quantitative estimate of drug-likeness (QED) is 0.359. The van der Waals surface area contributed by atoms with Gasteiger partial charge in [-0.15, -0.1) is 11.3 Å². The van der Waals surface area contributed by atoms with Crippen LogP contribution in [-0.4, -0.2) is 27.2 Å². The van der Waals surface area contributed by atoms with Gasteiger partial charge in [-0.2, -0.15) is 0 Å². The first-order valence-electron chi connectivity index (χ1n) is 9.36. The largest absolute Gasteiger partial charge is 0.376 e. The van der Waals surface area contributed by atoms with Gasteiger partial charge in [0.15, 0.2) is 5.16 Å². The first-order chi connectivity index (χ1) is 13.8. The van der Waals surface area contributed by atoms with Gasteiger partial charge in [0, 0.05) is 6.61 Å². The molecule has 28 heavy (non-hydrogen) atoms. The van der Waals surface area contributed by atoms with E-state index in [9.17, 15) is 4.79 Å². The van der Waals surface area contributed by atoms with Gasteiger partial charge in [0.1, 0.15) is 5.01 Å². The van der Waals surface area contributed by atoms with E-state index in [1.54, 1.807) is 27.7 Å². The number of fused-ring (bicyclic) bond motifs is 2. The SMILES string of the molecule is O=c1c2ccccc2nc(SCc2nc3ccccc3s2)n1C[C@H]1CCCO1. The number of hydrogen-bond acceptors (Lipinski definition) is 6. The molecule has 0 amide bonds. The van der Waals surface area contributed by atoms with Gasteiger partial charge in [-0.1, -0.05) is 36.0 Å². The number of aromatic nitrogens is 3. The summed E-state index contributed by atoms with van der Waals surface area (Å²) in [4.78, 5) is 22.6. The minimum Gasteiger partial charge on any atom is -0.376 e. The summed E-state index contributed by atoms with van der Waals surface area (Å²) < 4.78 is 8.74. The Morgan fingerprint density at radius 2 is 1.93 bits per heavy atom. The van der Waals surface area contributed by atoms with E-state index in [4.69, 9.17) is 14.7 Å². The molecule has 0 spiro atoms. The van der Waals surface area contributed by atoms with Crippen LogP contribution in [0.25, 0.3) is 21.1 Å². The van der Waals surface area contributed by atoms with Crippen molar-refractivity contribution in [3.05, 3.63) is 63.9 Å². The van der Waals surface area contributed by atoms with E-state index >= 15 is 0 Å². The van der Waals surface area contributed by atoms with Gasteiger partial charge >= 0.3 is 0 Å². The Morgan fingerprint density at radius 1 is 1.11 bits per heavy atom. The Kier molecular flexibility index (Phi) is 4.88. The van der Waals surface area contributed by atoms with Crippen LogP contribution in [-0.2, 0) is 17.0 Å². The van der Waals surface area contributed by atoms with Crippen molar-refractivity contribution in [3.8, 4) is 0 Å². The summed E-state index contributed by atoms with van der Waals surface area (Å²) in [7, 11) is 0. The molecule has 0 unspecified atom stereocenters. The van der Waals surface area contributed by atoms with Crippen molar-refractivity contribution in [3.63, 3.8) is 0 Å². The first-order valence-corrected chi connectivity index (χ1v) is 11.2. The number of thioether (sulfide) groups is 1. The van der Waals surface area contributed by atoms with Gasteiger partial charge in [-0.25, -0.2) is 9.97 Å². The second kappa shape index (κ2) is 7.66. The van der Waals surface area contributed by atoms with Gasteiger partial charge in [-0.05, 0) is 37.1 Å². The van der Waals surface area contributed by atoms with E-state index in [0.717, 1.165) is 40.6 Å². The number of nitrogens with zero attached hydrogens (tertiary/aromatic N) is 3. The minimum absolute atomic E-state index is 0.00731. The van der Waals surface area contributed by atoms with E-state index < -0.39 is 0 Å². The number of rotatable bonds is 5. The molecule has 0 N–H and O–H groups in total. The molecule has 5 rings (SSSR count). The van der Waals surface area contributed by atoms with Crippen LogP contribution in [0.5, 0.6) is 0 Å². The van der Waals surface area contributed by atoms with E-state index in [1.807, 2.05) is 42.5 Å². The molecule has 2 aromatic carbocycles. The summed E-state index contributed by atoms with van der Waals surface area (Å²) in [6, 6.07) is 15.7. The van der Waals surface area contributed by atoms with Crippen molar-refractivity contribution in [2.24, 2.45) is 0 Å². The minimum atomic E-state index is 0.00731. The third-order valence-electron chi connectivity index (χ3n) is 4.90. The Hall–Kier alpha value is -2.22. The molecule has 1 atom stereocenters. The zero-order chi connectivity index (χ0) is 18.9. The van der Waals surface area contributed by atoms with Crippen molar-refractivity contribution >= 4 is 44.2 Å². The Labute approximate surface area is 170 Å². The van der Waals surface area contributed by atoms with Crippen LogP contribution in [0.1, 0.15) is 17.8 Å². The van der Waals surface area contributed by atoms with Gasteiger partial charge in [0.05, 0.1) is 39.5 Å². The van der Waals surface area contributed by atoms with Gasteiger partial charge in [-0.3, -0.25) is 9.36 Å². The maximum absolute atomic E-state index is 13.1. The highest BCUT2D eigenvalue weighted by atomic mass is 32.2. The average Bonchev–Trinajstić information content (AvgIpc) is 3.38. The van der Waals surface area contributed by atoms with Crippen LogP contribution < -0.4 is 5.56 Å². The normalized spacial score (nSPS) is 16.9. The van der Waals surface area contributed by atoms with Crippen molar-refractivity contribution in [2.45, 2.75) is 36.4 Å². The first kappa shape index (κ1) is 17.8. The highest BCUT2D eigenvalue weighted by Crippen LogP contribution is 2.28. The van der Waals surface area contributed by atoms with Crippen LogP contribution in [0.15, 0.2) is 58.5 Å². The molecule has 0 radical (unpaired) electrons. The van der Waals surface area contributed by atoms with E-state index in [1.165, 1.54) is 4.70 Å². The third kappa shape index (κ3) is 3.45. The fraction of sp³-hybridized carbons (Fsp3) is 0.286. The Morgan fingerprint density at radius 3 is 2.75 bits per heavy atom. The molecule has 2 aromatic heterocycles. The molecule has 142 valence electrons. The Balaban J connectivity index is 1.49. The highest BCUT2D eigenvalue weighted by Gasteiger charge is 2.20. The summed E-state index contributed by atoms with van der Waals surface area (Å²) in [5.74, 6) is 0.690. The predicted molar refractivity (Wildman–Crippen MR) is 114 cm³/mol. The van der Waals surface area contributed by atoms with Gasteiger partial charge in [0.25, 0.3) is 5.56 Å². The van der Waals surface area contributed by atoms with Crippen molar-refractivity contribution in [1.29, 1.82) is 0 Å². The van der Waals surface area contributed by atoms with Gasteiger partial charge in [0.2, 0.25) is 0 Å². The molecule has 3 heterocycles. The van der Waals surface area contributed by atoms with Crippen LogP contribution >= 0.6 is 23.1 Å². The zero-order valence-corrected chi connectivity index (χ0v) is 16.8. The fourth-order valence-corrected chi connectivity index (χ4v) is 5.49. The lowest BCUT2D eigenvalue weighted by Gasteiger charge is -2.16. The lowest BCUT2D eigenvalue weighted by Crippen LogP contribution is -2.28. The molecule has 1 aliphatic heterocycles. The molecular weight excluding hydrogens is 390 g/mol. The predicted octanol–water partition coefficient (Wildman–Crippen LogP) is 4.48. The van der Waals surface area contributed by atoms with E-state index in [2.05, 4.69) is 6.07 Å². The highest BCUT2D eigenvalue weighted by molar-refractivity contribution is 7.98. The summed E-state index contributed by atoms with van der Waals surface area (Å²) in [6.07, 6.45) is 2.12. The monoisotopic (exact) mass is 409 g/mol. The third-order valence-corrected chi connectivity index (χ3v) is 7.11. The van der Waals surface area contributed by atoms with E-state index in [-0.39, 0.29) is 11.7 Å². The van der Waals surface area contributed by atoms with Crippen molar-refractivity contribution in [2.75, 3.05) is 6.61 Å². The van der Waals surface area contributed by atoms with Gasteiger partial charge < -0.3 is 4.74 Å². The molecule has 0 aliphatic carbocycles. The van der Waals surface area contributed by atoms with Crippen molar-refractivity contribution < 1.29 is 4.74 Å². The molecule has 1 aliphatic rings. The molecule has 1 fully saturated rings. The molecule has 1 saturated heterocycles. The second-order valence-electron chi connectivity index (χ2n) is 6.83. The van der Waals surface area contributed by atoms with Crippen LogP contribution in [0.2, 0.25) is 0 Å². The van der Waals surface area contributed by atoms with Crippen LogP contribution in [0.3, 0.4) is 0 Å². The molecule has 7 heteroatoms. The molecule has 4 aromatic rings. The summed E-state index contributed by atoms with van der Waals surface area (Å²) >= 11 is 3.26. The van der Waals surface area contributed by atoms with Crippen molar-refractivity contribution in [1.82, 2.24) is 14.5 Å². The smallest absolute Gasteiger partial charge is 0.262 e.